The summed E-state index contributed by atoms with van der Waals surface area (Å²) in [5, 5.41) is 33.9. The monoisotopic (exact) mass is 187 g/mol. The Morgan fingerprint density at radius 3 is 2.62 bits per heavy atom. The lowest BCUT2D eigenvalue weighted by atomic mass is 10.3. The molecule has 0 saturated heterocycles. The van der Waals surface area contributed by atoms with Gasteiger partial charge in [-0.3, -0.25) is 0 Å². The molecule has 0 fully saturated rings. The van der Waals surface area contributed by atoms with Crippen LogP contribution in [0.2, 0.25) is 0 Å². The van der Waals surface area contributed by atoms with E-state index in [9.17, 15) is 0 Å². The highest BCUT2D eigenvalue weighted by Crippen LogP contribution is 2.03. The van der Waals surface area contributed by atoms with Gasteiger partial charge in [0.15, 0.2) is 0 Å². The van der Waals surface area contributed by atoms with Gasteiger partial charge in [0.1, 0.15) is 5.69 Å². The highest BCUT2D eigenvalue weighted by Gasteiger charge is 2.10. The standard InChI is InChI=1S/C7H13N3O3/c1-5-7(4-12)8-9-10(5)2-6(13)3-11/h6,11-13H,2-4H2,1H3. The molecule has 0 aliphatic heterocycles. The predicted molar refractivity (Wildman–Crippen MR) is 43.8 cm³/mol. The Kier molecular flexibility index (Phi) is 3.35. The van der Waals surface area contributed by atoms with Crippen molar-refractivity contribution >= 4 is 0 Å². The van der Waals surface area contributed by atoms with Gasteiger partial charge in [-0.05, 0) is 6.92 Å². The van der Waals surface area contributed by atoms with Crippen LogP contribution in [0.25, 0.3) is 0 Å². The van der Waals surface area contributed by atoms with Crippen molar-refractivity contribution < 1.29 is 15.3 Å². The van der Waals surface area contributed by atoms with Gasteiger partial charge in [-0.25, -0.2) is 4.68 Å². The molecule has 1 aromatic rings. The number of rotatable bonds is 4. The number of hydrogen-bond donors (Lipinski definition) is 3. The van der Waals surface area contributed by atoms with Crippen molar-refractivity contribution in [2.75, 3.05) is 6.61 Å². The van der Waals surface area contributed by atoms with Gasteiger partial charge in [0.05, 0.1) is 31.6 Å². The van der Waals surface area contributed by atoms with E-state index in [2.05, 4.69) is 10.3 Å². The molecule has 13 heavy (non-hydrogen) atoms. The number of hydrogen-bond acceptors (Lipinski definition) is 5. The lowest BCUT2D eigenvalue weighted by molar-refractivity contribution is 0.0772. The number of nitrogens with zero attached hydrogens (tertiary/aromatic N) is 3. The van der Waals surface area contributed by atoms with Crippen molar-refractivity contribution in [3.63, 3.8) is 0 Å². The fraction of sp³-hybridized carbons (Fsp3) is 0.714. The van der Waals surface area contributed by atoms with Gasteiger partial charge in [0, 0.05) is 0 Å². The fourth-order valence-electron chi connectivity index (χ4n) is 0.973. The van der Waals surface area contributed by atoms with Gasteiger partial charge >= 0.3 is 0 Å². The molecule has 6 heteroatoms. The van der Waals surface area contributed by atoms with Gasteiger partial charge < -0.3 is 15.3 Å². The first-order chi connectivity index (χ1) is 6.19. The lowest BCUT2D eigenvalue weighted by Crippen LogP contribution is -2.21. The van der Waals surface area contributed by atoms with Crippen molar-refractivity contribution in [3.05, 3.63) is 11.4 Å². The van der Waals surface area contributed by atoms with Gasteiger partial charge in [0.25, 0.3) is 0 Å². The zero-order valence-electron chi connectivity index (χ0n) is 7.38. The minimum absolute atomic E-state index is 0.166. The molecule has 0 aliphatic rings. The molecule has 0 spiro atoms. The summed E-state index contributed by atoms with van der Waals surface area (Å²) >= 11 is 0. The first-order valence-electron chi connectivity index (χ1n) is 3.97. The molecule has 1 heterocycles. The average molecular weight is 187 g/mol. The second kappa shape index (κ2) is 4.31. The molecule has 0 saturated carbocycles. The smallest absolute Gasteiger partial charge is 0.111 e. The van der Waals surface area contributed by atoms with E-state index in [1.807, 2.05) is 0 Å². The molecule has 1 atom stereocenters. The zero-order chi connectivity index (χ0) is 9.84. The maximum Gasteiger partial charge on any atom is 0.111 e. The van der Waals surface area contributed by atoms with Crippen LogP contribution >= 0.6 is 0 Å². The fourth-order valence-corrected chi connectivity index (χ4v) is 0.973. The third kappa shape index (κ3) is 2.24. The number of aliphatic hydroxyl groups excluding tert-OH is 3. The molecule has 0 radical (unpaired) electrons. The summed E-state index contributed by atoms with van der Waals surface area (Å²) in [7, 11) is 0. The molecule has 0 bridgehead atoms. The Morgan fingerprint density at radius 2 is 2.15 bits per heavy atom. The quantitative estimate of drug-likeness (QED) is 0.530. The predicted octanol–water partition coefficient (Wildman–Crippen LogP) is -1.57. The van der Waals surface area contributed by atoms with Crippen LogP contribution in [0.1, 0.15) is 11.4 Å². The largest absolute Gasteiger partial charge is 0.394 e. The van der Waals surface area contributed by atoms with Gasteiger partial charge in [0.2, 0.25) is 0 Å². The van der Waals surface area contributed by atoms with E-state index < -0.39 is 6.10 Å². The first kappa shape index (κ1) is 10.1. The van der Waals surface area contributed by atoms with Crippen molar-refractivity contribution in [1.29, 1.82) is 0 Å². The van der Waals surface area contributed by atoms with Crippen LogP contribution in [0.4, 0.5) is 0 Å². The Morgan fingerprint density at radius 1 is 1.46 bits per heavy atom. The molecule has 0 aromatic carbocycles. The van der Waals surface area contributed by atoms with E-state index >= 15 is 0 Å². The van der Waals surface area contributed by atoms with Crippen molar-refractivity contribution in [1.82, 2.24) is 15.0 Å². The SMILES string of the molecule is Cc1c(CO)nnn1CC(O)CO. The molecule has 1 unspecified atom stereocenters. The molecule has 3 N–H and O–H groups in total. The Balaban J connectivity index is 2.72. The lowest BCUT2D eigenvalue weighted by Gasteiger charge is -2.07. The van der Waals surface area contributed by atoms with Gasteiger partial charge in [-0.1, -0.05) is 5.21 Å². The molecule has 0 amide bonds. The van der Waals surface area contributed by atoms with Crippen LogP contribution in [0.5, 0.6) is 0 Å². The van der Waals surface area contributed by atoms with E-state index in [-0.39, 0.29) is 19.8 Å². The van der Waals surface area contributed by atoms with Crippen molar-refractivity contribution in [3.8, 4) is 0 Å². The second-order valence-corrected chi connectivity index (χ2v) is 2.80. The maximum absolute atomic E-state index is 9.12. The van der Waals surface area contributed by atoms with Crippen LogP contribution in [0.3, 0.4) is 0 Å². The average Bonchev–Trinajstić information content (AvgIpc) is 2.48. The van der Waals surface area contributed by atoms with Crippen LogP contribution in [-0.4, -0.2) is 43.0 Å². The summed E-state index contributed by atoms with van der Waals surface area (Å²) in [4.78, 5) is 0. The topological polar surface area (TPSA) is 91.4 Å². The summed E-state index contributed by atoms with van der Waals surface area (Å²) in [6, 6.07) is 0. The van der Waals surface area contributed by atoms with E-state index in [0.717, 1.165) is 0 Å². The third-order valence-corrected chi connectivity index (χ3v) is 1.82. The minimum Gasteiger partial charge on any atom is -0.394 e. The Labute approximate surface area is 75.4 Å². The summed E-state index contributed by atoms with van der Waals surface area (Å²) in [6.45, 7) is 1.46. The molecule has 1 aromatic heterocycles. The summed E-state index contributed by atoms with van der Waals surface area (Å²) < 4.78 is 1.45. The molecular weight excluding hydrogens is 174 g/mol. The second-order valence-electron chi connectivity index (χ2n) is 2.80. The Bertz CT molecular complexity index is 274. The van der Waals surface area contributed by atoms with E-state index in [4.69, 9.17) is 15.3 Å². The normalized spacial score (nSPS) is 13.2. The number of aromatic nitrogens is 3. The molecule has 1 rings (SSSR count). The molecule has 74 valence electrons. The van der Waals surface area contributed by atoms with Gasteiger partial charge in [-0.15, -0.1) is 5.10 Å². The van der Waals surface area contributed by atoms with Crippen LogP contribution < -0.4 is 0 Å². The van der Waals surface area contributed by atoms with Crippen LogP contribution in [0.15, 0.2) is 0 Å². The summed E-state index contributed by atoms with van der Waals surface area (Å²) in [6.07, 6.45) is -0.841. The summed E-state index contributed by atoms with van der Waals surface area (Å²) in [5.74, 6) is 0. The Hall–Kier alpha value is -0.980. The summed E-state index contributed by atoms with van der Waals surface area (Å²) in [5.41, 5.74) is 1.19. The van der Waals surface area contributed by atoms with Gasteiger partial charge in [-0.2, -0.15) is 0 Å². The highest BCUT2D eigenvalue weighted by atomic mass is 16.3. The van der Waals surface area contributed by atoms with Crippen LogP contribution in [-0.2, 0) is 13.2 Å². The van der Waals surface area contributed by atoms with E-state index in [1.54, 1.807) is 6.92 Å². The first-order valence-corrected chi connectivity index (χ1v) is 3.97. The molecule has 0 aliphatic carbocycles. The minimum atomic E-state index is -0.841. The maximum atomic E-state index is 9.12. The number of aliphatic hydroxyl groups is 3. The molecular formula is C7H13N3O3. The van der Waals surface area contributed by atoms with E-state index in [0.29, 0.717) is 11.4 Å². The highest BCUT2D eigenvalue weighted by molar-refractivity contribution is 5.06. The van der Waals surface area contributed by atoms with Crippen LogP contribution in [0, 0.1) is 6.92 Å². The molecule has 6 nitrogen and oxygen atoms in total. The zero-order valence-corrected chi connectivity index (χ0v) is 7.38. The van der Waals surface area contributed by atoms with E-state index in [1.165, 1.54) is 4.68 Å². The van der Waals surface area contributed by atoms with Crippen molar-refractivity contribution in [2.24, 2.45) is 0 Å². The third-order valence-electron chi connectivity index (χ3n) is 1.82. The van der Waals surface area contributed by atoms with Crippen molar-refractivity contribution in [2.45, 2.75) is 26.2 Å².